The quantitative estimate of drug-likeness (QED) is 0.197. The molecule has 6 N–H and O–H groups in total. The zero-order chi connectivity index (χ0) is 17.3. The van der Waals surface area contributed by atoms with Crippen LogP contribution in [0.25, 0.3) is 10.9 Å². The van der Waals surface area contributed by atoms with Crippen LogP contribution in [-0.2, 0) is 16.1 Å². The second kappa shape index (κ2) is 5.77. The number of hydrogen-bond acceptors (Lipinski definition) is 7. The fourth-order valence-electron chi connectivity index (χ4n) is 2.17. The van der Waals surface area contributed by atoms with E-state index in [9.17, 15) is 29.4 Å². The molecule has 1 aromatic heterocycles. The number of nitrogens with zero attached hydrogens (tertiary/aromatic N) is 1. The number of nitrogens with one attached hydrogen (secondary N) is 1. The lowest BCUT2D eigenvalue weighted by Crippen LogP contribution is -2.36. The van der Waals surface area contributed by atoms with Gasteiger partial charge in [-0.2, -0.15) is 0 Å². The number of carboxylic acids is 1. The van der Waals surface area contributed by atoms with Crippen molar-refractivity contribution in [1.82, 2.24) is 9.99 Å². The molecule has 10 nitrogen and oxygen atoms in total. The highest BCUT2D eigenvalue weighted by molar-refractivity contribution is 6.03. The summed E-state index contributed by atoms with van der Waals surface area (Å²) < 4.78 is 0.806. The van der Waals surface area contributed by atoms with Gasteiger partial charge >= 0.3 is 5.97 Å². The molecule has 2 rings (SSSR count). The Morgan fingerprint density at radius 1 is 1.26 bits per heavy atom. The van der Waals surface area contributed by atoms with E-state index in [1.54, 1.807) is 5.43 Å². The number of hydrogen-bond donors (Lipinski definition) is 5. The van der Waals surface area contributed by atoms with E-state index in [4.69, 9.17) is 10.9 Å². The minimum absolute atomic E-state index is 0.176. The Hall–Kier alpha value is -3.40. The van der Waals surface area contributed by atoms with Gasteiger partial charge < -0.3 is 19.9 Å². The molecular formula is C13H10N3O7. The average molecular weight is 320 g/mol. The third-order valence-electron chi connectivity index (χ3n) is 3.10. The number of carbonyl (C=O) groups excluding carboxylic acids is 2. The summed E-state index contributed by atoms with van der Waals surface area (Å²) in [4.78, 5) is 46.3. The molecule has 23 heavy (non-hydrogen) atoms. The standard InChI is InChI=1S/C13H10N3O7/c14-15-13(23)11-6(4-17)12(22)5-1-8(18)9(19)2-7(5)16(11)3-10(20)21/h1-2,18-19H,3,14H2,(H,15,23)(H,20,21). The van der Waals surface area contributed by atoms with Gasteiger partial charge in [-0.15, -0.1) is 0 Å². The number of aromatic nitrogens is 1. The van der Waals surface area contributed by atoms with E-state index in [0.29, 0.717) is 0 Å². The molecule has 0 unspecified atom stereocenters. The van der Waals surface area contributed by atoms with Crippen molar-refractivity contribution < 1.29 is 29.7 Å². The Balaban J connectivity index is 3.09. The molecular weight excluding hydrogens is 310 g/mol. The summed E-state index contributed by atoms with van der Waals surface area (Å²) in [5.41, 5.74) is -0.799. The molecule has 1 heterocycles. The number of hydrazine groups is 1. The van der Waals surface area contributed by atoms with Gasteiger partial charge in [-0.3, -0.25) is 24.6 Å². The van der Waals surface area contributed by atoms with Crippen molar-refractivity contribution in [2.45, 2.75) is 6.54 Å². The predicted molar refractivity (Wildman–Crippen MR) is 75.6 cm³/mol. The number of benzene rings is 1. The number of carboxylic acid groups (broad SMARTS) is 1. The fraction of sp³-hybridized carbons (Fsp3) is 0.0769. The minimum atomic E-state index is -1.38. The minimum Gasteiger partial charge on any atom is -0.504 e. The Morgan fingerprint density at radius 2 is 1.87 bits per heavy atom. The van der Waals surface area contributed by atoms with Crippen LogP contribution in [0.2, 0.25) is 0 Å². The number of phenolic OH excluding ortho intramolecular Hbond substituents is 2. The van der Waals surface area contributed by atoms with E-state index in [1.807, 2.05) is 0 Å². The van der Waals surface area contributed by atoms with Crippen molar-refractivity contribution in [2.75, 3.05) is 0 Å². The van der Waals surface area contributed by atoms with Crippen LogP contribution in [-0.4, -0.2) is 38.0 Å². The lowest BCUT2D eigenvalue weighted by Gasteiger charge is -2.16. The van der Waals surface area contributed by atoms with E-state index < -0.39 is 46.6 Å². The van der Waals surface area contributed by atoms with Crippen LogP contribution in [0.4, 0.5) is 0 Å². The number of nitrogens with two attached hydrogens (primary N) is 1. The Bertz CT molecular complexity index is 901. The molecule has 0 aliphatic carbocycles. The maximum absolute atomic E-state index is 12.3. The first-order valence-electron chi connectivity index (χ1n) is 6.05. The summed E-state index contributed by atoms with van der Waals surface area (Å²) in [6, 6.07) is 1.76. The highest BCUT2D eigenvalue weighted by Crippen LogP contribution is 2.29. The molecule has 0 bridgehead atoms. The topological polar surface area (TPSA) is 172 Å². The zero-order valence-corrected chi connectivity index (χ0v) is 11.4. The number of carbonyl (C=O) groups is 2. The Morgan fingerprint density at radius 3 is 2.39 bits per heavy atom. The van der Waals surface area contributed by atoms with Crippen LogP contribution in [0.15, 0.2) is 16.9 Å². The lowest BCUT2D eigenvalue weighted by molar-refractivity contribution is -0.137. The van der Waals surface area contributed by atoms with Gasteiger partial charge in [-0.1, -0.05) is 0 Å². The molecule has 0 atom stereocenters. The third kappa shape index (κ3) is 2.58. The van der Waals surface area contributed by atoms with E-state index in [-0.39, 0.29) is 10.9 Å². The van der Waals surface area contributed by atoms with Gasteiger partial charge in [0.1, 0.15) is 17.8 Å². The predicted octanol–water partition coefficient (Wildman–Crippen LogP) is -1.44. The number of pyridine rings is 1. The summed E-state index contributed by atoms with van der Waals surface area (Å²) in [5.74, 6) is 1.23. The molecule has 1 aromatic carbocycles. The summed E-state index contributed by atoms with van der Waals surface area (Å²) in [7, 11) is 0. The van der Waals surface area contributed by atoms with Crippen molar-refractivity contribution in [1.29, 1.82) is 0 Å². The van der Waals surface area contributed by atoms with Crippen molar-refractivity contribution in [3.63, 3.8) is 0 Å². The second-order valence-electron chi connectivity index (χ2n) is 4.47. The molecule has 119 valence electrons. The van der Waals surface area contributed by atoms with Gasteiger partial charge in [0.15, 0.2) is 11.5 Å². The molecule has 1 radical (unpaired) electrons. The van der Waals surface area contributed by atoms with Crippen LogP contribution >= 0.6 is 0 Å². The fourth-order valence-corrected chi connectivity index (χ4v) is 2.17. The molecule has 2 aromatic rings. The summed E-state index contributed by atoms with van der Waals surface area (Å²) in [5, 5.41) is 27.8. The Kier molecular flexibility index (Phi) is 4.01. The molecule has 0 fully saturated rings. The van der Waals surface area contributed by atoms with Crippen LogP contribution in [0.3, 0.4) is 0 Å². The van der Waals surface area contributed by atoms with E-state index in [0.717, 1.165) is 16.7 Å². The van der Waals surface area contributed by atoms with Crippen molar-refractivity contribution >= 4 is 29.1 Å². The van der Waals surface area contributed by atoms with E-state index in [1.165, 1.54) is 6.29 Å². The number of aliphatic carboxylic acids is 1. The first-order valence-corrected chi connectivity index (χ1v) is 6.05. The number of phenols is 2. The number of nitrogen functional groups attached to an aromatic ring is 1. The van der Waals surface area contributed by atoms with Crippen molar-refractivity contribution in [3.05, 3.63) is 33.6 Å². The molecule has 10 heteroatoms. The van der Waals surface area contributed by atoms with Gasteiger partial charge in [0.2, 0.25) is 11.7 Å². The summed E-state index contributed by atoms with van der Waals surface area (Å²) in [6.45, 7) is -0.807. The average Bonchev–Trinajstić information content (AvgIpc) is 2.50. The van der Waals surface area contributed by atoms with Gasteiger partial charge in [-0.25, -0.2) is 5.84 Å². The van der Waals surface area contributed by atoms with Gasteiger partial charge in [0.25, 0.3) is 5.91 Å². The van der Waals surface area contributed by atoms with Crippen LogP contribution in [0.1, 0.15) is 16.1 Å². The molecule has 0 saturated carbocycles. The summed E-state index contributed by atoms with van der Waals surface area (Å²) >= 11 is 0. The van der Waals surface area contributed by atoms with Crippen LogP contribution in [0.5, 0.6) is 11.5 Å². The first-order chi connectivity index (χ1) is 10.8. The smallest absolute Gasteiger partial charge is 0.323 e. The third-order valence-corrected chi connectivity index (χ3v) is 3.10. The lowest BCUT2D eigenvalue weighted by atomic mass is 10.1. The highest BCUT2D eigenvalue weighted by atomic mass is 16.4. The number of amides is 1. The van der Waals surface area contributed by atoms with Gasteiger partial charge in [0, 0.05) is 6.07 Å². The molecule has 1 amide bonds. The van der Waals surface area contributed by atoms with Gasteiger partial charge in [-0.05, 0) is 6.07 Å². The Labute approximate surface area is 127 Å². The molecule has 0 saturated heterocycles. The number of rotatable bonds is 4. The van der Waals surface area contributed by atoms with Crippen molar-refractivity contribution in [3.8, 4) is 11.5 Å². The van der Waals surface area contributed by atoms with Crippen molar-refractivity contribution in [2.24, 2.45) is 5.84 Å². The normalized spacial score (nSPS) is 10.5. The largest absolute Gasteiger partial charge is 0.504 e. The van der Waals surface area contributed by atoms with E-state index >= 15 is 0 Å². The number of fused-ring (bicyclic) bond motifs is 1. The van der Waals surface area contributed by atoms with Gasteiger partial charge in [0.05, 0.1) is 10.9 Å². The maximum atomic E-state index is 12.3. The highest BCUT2D eigenvalue weighted by Gasteiger charge is 2.24. The van der Waals surface area contributed by atoms with Crippen LogP contribution < -0.4 is 16.7 Å². The van der Waals surface area contributed by atoms with E-state index in [2.05, 4.69) is 0 Å². The zero-order valence-electron chi connectivity index (χ0n) is 11.4. The second-order valence-corrected chi connectivity index (χ2v) is 4.47. The molecule has 0 spiro atoms. The number of aromatic hydroxyl groups is 2. The summed E-state index contributed by atoms with van der Waals surface area (Å²) in [6.07, 6.45) is 1.28. The maximum Gasteiger partial charge on any atom is 0.323 e. The SMILES string of the molecule is NNC(=O)c1c([C]=O)c(=O)c2cc(O)c(O)cc2n1CC(=O)O. The monoisotopic (exact) mass is 320 g/mol. The molecule has 0 aliphatic heterocycles. The molecule has 0 aliphatic rings. The first kappa shape index (κ1) is 16.0. The van der Waals surface area contributed by atoms with Crippen LogP contribution in [0, 0.1) is 0 Å².